The molecule has 2 aliphatic heterocycles. The summed E-state index contributed by atoms with van der Waals surface area (Å²) in [6.07, 6.45) is 1.09. The fourth-order valence-electron chi connectivity index (χ4n) is 3.45. The molecular formula is C16H23N5OS2. The summed E-state index contributed by atoms with van der Waals surface area (Å²) >= 11 is 3.17. The molecular weight excluding hydrogens is 342 g/mol. The molecule has 2 aromatic heterocycles. The van der Waals surface area contributed by atoms with Gasteiger partial charge in [-0.1, -0.05) is 11.3 Å². The van der Waals surface area contributed by atoms with Crippen molar-refractivity contribution < 1.29 is 4.79 Å². The zero-order chi connectivity index (χ0) is 16.7. The minimum atomic E-state index is 0.175. The molecule has 1 amide bonds. The number of fused-ring (bicyclic) bond motifs is 1. The first kappa shape index (κ1) is 16.3. The van der Waals surface area contributed by atoms with Crippen molar-refractivity contribution in [1.29, 1.82) is 0 Å². The van der Waals surface area contributed by atoms with Gasteiger partial charge in [0.15, 0.2) is 5.13 Å². The summed E-state index contributed by atoms with van der Waals surface area (Å²) in [6, 6.07) is 2.54. The van der Waals surface area contributed by atoms with Gasteiger partial charge in [0.2, 0.25) is 0 Å². The van der Waals surface area contributed by atoms with Gasteiger partial charge in [-0.15, -0.1) is 11.3 Å². The van der Waals surface area contributed by atoms with Gasteiger partial charge < -0.3 is 15.1 Å². The molecule has 1 N–H and O–H groups in total. The molecule has 0 radical (unpaired) electrons. The van der Waals surface area contributed by atoms with Gasteiger partial charge in [-0.2, -0.15) is 0 Å². The van der Waals surface area contributed by atoms with Crippen LogP contribution in [0.2, 0.25) is 0 Å². The van der Waals surface area contributed by atoms with E-state index in [0.29, 0.717) is 6.04 Å². The second-order valence-corrected chi connectivity index (χ2v) is 8.69. The number of rotatable bonds is 3. The highest BCUT2D eigenvalue weighted by atomic mass is 32.1. The lowest BCUT2D eigenvalue weighted by atomic mass is 10.2. The number of anilines is 1. The van der Waals surface area contributed by atoms with E-state index in [1.54, 1.807) is 11.3 Å². The predicted octanol–water partition coefficient (Wildman–Crippen LogP) is 1.54. The molecule has 0 bridgehead atoms. The Bertz CT molecular complexity index is 702. The first-order valence-corrected chi connectivity index (χ1v) is 10.1. The number of nitrogens with zero attached hydrogens (tertiary/aromatic N) is 4. The number of hydrogen-bond acceptors (Lipinski definition) is 7. The summed E-state index contributed by atoms with van der Waals surface area (Å²) < 4.78 is 1.12. The lowest BCUT2D eigenvalue weighted by Crippen LogP contribution is -2.49. The Labute approximate surface area is 150 Å². The third kappa shape index (κ3) is 3.03. The zero-order valence-electron chi connectivity index (χ0n) is 14.1. The molecule has 2 saturated heterocycles. The smallest absolute Gasteiger partial charge is 0.264 e. The van der Waals surface area contributed by atoms with E-state index in [1.165, 1.54) is 11.3 Å². The van der Waals surface area contributed by atoms with E-state index in [9.17, 15) is 4.79 Å². The van der Waals surface area contributed by atoms with E-state index < -0.39 is 0 Å². The molecule has 0 saturated carbocycles. The van der Waals surface area contributed by atoms with Crippen molar-refractivity contribution in [3.8, 4) is 0 Å². The second-order valence-electron chi connectivity index (χ2n) is 6.65. The van der Waals surface area contributed by atoms with Crippen molar-refractivity contribution >= 4 is 43.2 Å². The Balaban J connectivity index is 1.44. The van der Waals surface area contributed by atoms with E-state index in [2.05, 4.69) is 15.2 Å². The topological polar surface area (TPSA) is 51.7 Å². The maximum absolute atomic E-state index is 12.8. The zero-order valence-corrected chi connectivity index (χ0v) is 15.8. The lowest BCUT2D eigenvalue weighted by molar-refractivity contribution is 0.0778. The van der Waals surface area contributed by atoms with Crippen LogP contribution < -0.4 is 10.2 Å². The number of carbonyl (C=O) groups is 1. The van der Waals surface area contributed by atoms with Crippen LogP contribution in [0.3, 0.4) is 0 Å². The monoisotopic (exact) mass is 365 g/mol. The Morgan fingerprint density at radius 3 is 2.79 bits per heavy atom. The van der Waals surface area contributed by atoms with Gasteiger partial charge in [0.1, 0.15) is 4.83 Å². The summed E-state index contributed by atoms with van der Waals surface area (Å²) in [6.45, 7) is 6.05. The molecule has 130 valence electrons. The maximum atomic E-state index is 12.8. The van der Waals surface area contributed by atoms with Gasteiger partial charge >= 0.3 is 0 Å². The van der Waals surface area contributed by atoms with Crippen molar-refractivity contribution in [3.05, 3.63) is 10.9 Å². The highest BCUT2D eigenvalue weighted by Gasteiger charge is 2.32. The molecule has 0 spiro atoms. The minimum absolute atomic E-state index is 0.175. The van der Waals surface area contributed by atoms with Crippen LogP contribution in [0, 0.1) is 0 Å². The van der Waals surface area contributed by atoms with Gasteiger partial charge in [0, 0.05) is 59.4 Å². The van der Waals surface area contributed by atoms with Crippen molar-refractivity contribution in [2.24, 2.45) is 0 Å². The van der Waals surface area contributed by atoms with Crippen molar-refractivity contribution in [1.82, 2.24) is 20.1 Å². The number of hydrogen-bond donors (Lipinski definition) is 1. The van der Waals surface area contributed by atoms with Gasteiger partial charge in [-0.3, -0.25) is 9.69 Å². The Kier molecular flexibility index (Phi) is 4.46. The van der Waals surface area contributed by atoms with E-state index in [1.807, 2.05) is 30.0 Å². The number of carbonyl (C=O) groups excluding carboxylic acids is 1. The van der Waals surface area contributed by atoms with Crippen LogP contribution in [0.25, 0.3) is 9.53 Å². The van der Waals surface area contributed by atoms with Crippen LogP contribution in [-0.4, -0.2) is 80.1 Å². The summed E-state index contributed by atoms with van der Waals surface area (Å²) in [4.78, 5) is 25.8. The molecule has 1 atom stereocenters. The average molecular weight is 366 g/mol. The number of thiophene rings is 1. The second kappa shape index (κ2) is 6.59. The molecule has 2 fully saturated rings. The average Bonchev–Trinajstić information content (AvgIpc) is 3.29. The highest BCUT2D eigenvalue weighted by molar-refractivity contribution is 7.29. The summed E-state index contributed by atoms with van der Waals surface area (Å²) in [5, 5.41) is 4.39. The quantitative estimate of drug-likeness (QED) is 0.894. The molecule has 2 aromatic rings. The predicted molar refractivity (Wildman–Crippen MR) is 101 cm³/mol. The van der Waals surface area contributed by atoms with Crippen molar-refractivity contribution in [3.63, 3.8) is 0 Å². The Morgan fingerprint density at radius 2 is 2.08 bits per heavy atom. The van der Waals surface area contributed by atoms with Crippen LogP contribution in [0.4, 0.5) is 5.13 Å². The van der Waals surface area contributed by atoms with Crippen LogP contribution in [-0.2, 0) is 0 Å². The van der Waals surface area contributed by atoms with Gasteiger partial charge in [0.25, 0.3) is 5.91 Å². The minimum Gasteiger partial charge on any atom is -0.354 e. The standard InChI is InChI=1S/C16H23N5OS2/c1-19(2)16-18-14-12(24-16)9-13(23-14)15(22)21-6-3-11(10-21)20-7-4-17-5-8-20/h9,11,17H,3-8,10H2,1-2H3. The molecule has 0 aliphatic carbocycles. The van der Waals surface area contributed by atoms with E-state index in [4.69, 9.17) is 0 Å². The molecule has 6 nitrogen and oxygen atoms in total. The molecule has 24 heavy (non-hydrogen) atoms. The largest absolute Gasteiger partial charge is 0.354 e. The first-order chi connectivity index (χ1) is 11.6. The Morgan fingerprint density at radius 1 is 1.29 bits per heavy atom. The van der Waals surface area contributed by atoms with Crippen molar-refractivity contribution in [2.45, 2.75) is 12.5 Å². The number of nitrogens with one attached hydrogen (secondary N) is 1. The maximum Gasteiger partial charge on any atom is 0.264 e. The van der Waals surface area contributed by atoms with Gasteiger partial charge in [0.05, 0.1) is 9.58 Å². The molecule has 1 unspecified atom stereocenters. The SMILES string of the molecule is CN(C)c1nc2sc(C(=O)N3CCC(N4CCNCC4)C3)cc2s1. The van der Waals surface area contributed by atoms with Gasteiger partial charge in [-0.25, -0.2) is 4.98 Å². The van der Waals surface area contributed by atoms with Crippen LogP contribution in [0.5, 0.6) is 0 Å². The number of amides is 1. The van der Waals surface area contributed by atoms with E-state index >= 15 is 0 Å². The summed E-state index contributed by atoms with van der Waals surface area (Å²) in [7, 11) is 3.99. The number of piperazine rings is 1. The van der Waals surface area contributed by atoms with Gasteiger partial charge in [-0.05, 0) is 12.5 Å². The fraction of sp³-hybridized carbons (Fsp3) is 0.625. The molecule has 8 heteroatoms. The third-order valence-electron chi connectivity index (χ3n) is 4.79. The summed E-state index contributed by atoms with van der Waals surface area (Å²) in [5.74, 6) is 0.175. The lowest BCUT2D eigenvalue weighted by Gasteiger charge is -2.32. The van der Waals surface area contributed by atoms with Crippen LogP contribution in [0.1, 0.15) is 16.1 Å². The van der Waals surface area contributed by atoms with Crippen LogP contribution >= 0.6 is 22.7 Å². The number of thiazole rings is 1. The molecule has 4 rings (SSSR count). The summed E-state index contributed by atoms with van der Waals surface area (Å²) in [5.41, 5.74) is 0. The molecule has 0 aromatic carbocycles. The Hall–Kier alpha value is -1.22. The normalized spacial score (nSPS) is 22.4. The van der Waals surface area contributed by atoms with Crippen LogP contribution in [0.15, 0.2) is 6.07 Å². The van der Waals surface area contributed by atoms with Crippen molar-refractivity contribution in [2.75, 3.05) is 58.3 Å². The third-order valence-corrected chi connectivity index (χ3v) is 7.11. The number of aromatic nitrogens is 1. The molecule has 4 heterocycles. The molecule has 2 aliphatic rings. The van der Waals surface area contributed by atoms with E-state index in [0.717, 1.165) is 65.2 Å². The first-order valence-electron chi connectivity index (χ1n) is 8.43. The number of likely N-dealkylation sites (tertiary alicyclic amines) is 1. The van der Waals surface area contributed by atoms with E-state index in [-0.39, 0.29) is 5.91 Å². The highest BCUT2D eigenvalue weighted by Crippen LogP contribution is 2.34. The fourth-order valence-corrected chi connectivity index (χ4v) is 5.55.